The highest BCUT2D eigenvalue weighted by molar-refractivity contribution is 5.86. The van der Waals surface area contributed by atoms with E-state index in [0.717, 1.165) is 13.0 Å². The Bertz CT molecular complexity index is 289. The van der Waals surface area contributed by atoms with E-state index in [-0.39, 0.29) is 23.9 Å². The second-order valence-electron chi connectivity index (χ2n) is 4.50. The van der Waals surface area contributed by atoms with Gasteiger partial charge in [0, 0.05) is 26.7 Å². The van der Waals surface area contributed by atoms with E-state index in [1.165, 1.54) is 0 Å². The number of carbonyl (C=O) groups is 2. The Morgan fingerprint density at radius 2 is 2.12 bits per heavy atom. The van der Waals surface area contributed by atoms with Crippen LogP contribution in [0.3, 0.4) is 0 Å². The molecule has 1 fully saturated rings. The third kappa shape index (κ3) is 3.19. The summed E-state index contributed by atoms with van der Waals surface area (Å²) in [4.78, 5) is 27.2. The number of hydrogen-bond donors (Lipinski definition) is 1. The standard InChI is InChI=1S/C12H23N3O2/c1-5-15(6-2)11(16)9(3)13-10-7-8-14(4)12(10)17/h9-10,13H,5-8H2,1-4H3. The van der Waals surface area contributed by atoms with Gasteiger partial charge in [0.1, 0.15) is 0 Å². The quantitative estimate of drug-likeness (QED) is 0.741. The van der Waals surface area contributed by atoms with Gasteiger partial charge in [-0.1, -0.05) is 0 Å². The summed E-state index contributed by atoms with van der Waals surface area (Å²) >= 11 is 0. The van der Waals surface area contributed by atoms with Gasteiger partial charge in [-0.25, -0.2) is 0 Å². The normalized spacial score (nSPS) is 21.8. The monoisotopic (exact) mass is 241 g/mol. The van der Waals surface area contributed by atoms with Gasteiger partial charge in [0.2, 0.25) is 11.8 Å². The summed E-state index contributed by atoms with van der Waals surface area (Å²) in [5, 5.41) is 3.13. The highest BCUT2D eigenvalue weighted by Gasteiger charge is 2.31. The lowest BCUT2D eigenvalue weighted by Gasteiger charge is -2.25. The van der Waals surface area contributed by atoms with Crippen molar-refractivity contribution in [1.29, 1.82) is 0 Å². The largest absolute Gasteiger partial charge is 0.344 e. The second-order valence-corrected chi connectivity index (χ2v) is 4.50. The topological polar surface area (TPSA) is 52.7 Å². The predicted octanol–water partition coefficient (Wildman–Crippen LogP) is 0.0636. The Kier molecular flexibility index (Phi) is 4.93. The van der Waals surface area contributed by atoms with Crippen LogP contribution in [0, 0.1) is 0 Å². The molecule has 0 radical (unpaired) electrons. The van der Waals surface area contributed by atoms with Gasteiger partial charge in [-0.05, 0) is 27.2 Å². The van der Waals surface area contributed by atoms with Gasteiger partial charge in [0.05, 0.1) is 12.1 Å². The molecule has 1 aliphatic heterocycles. The molecule has 17 heavy (non-hydrogen) atoms. The number of hydrogen-bond acceptors (Lipinski definition) is 3. The lowest BCUT2D eigenvalue weighted by molar-refractivity contribution is -0.133. The van der Waals surface area contributed by atoms with Gasteiger partial charge in [-0.2, -0.15) is 0 Å². The summed E-state index contributed by atoms with van der Waals surface area (Å²) < 4.78 is 0. The van der Waals surface area contributed by atoms with Gasteiger partial charge in [-0.3, -0.25) is 14.9 Å². The molecule has 0 bridgehead atoms. The fraction of sp³-hybridized carbons (Fsp3) is 0.833. The summed E-state index contributed by atoms with van der Waals surface area (Å²) in [6, 6.07) is -0.495. The molecule has 0 aliphatic carbocycles. The van der Waals surface area contributed by atoms with Crippen molar-refractivity contribution < 1.29 is 9.59 Å². The van der Waals surface area contributed by atoms with Crippen molar-refractivity contribution in [2.45, 2.75) is 39.3 Å². The van der Waals surface area contributed by atoms with Gasteiger partial charge >= 0.3 is 0 Å². The maximum absolute atomic E-state index is 12.0. The van der Waals surface area contributed by atoms with E-state index in [1.807, 2.05) is 20.8 Å². The van der Waals surface area contributed by atoms with Gasteiger partial charge in [-0.15, -0.1) is 0 Å². The number of amides is 2. The minimum absolute atomic E-state index is 0.0670. The molecular weight excluding hydrogens is 218 g/mol. The highest BCUT2D eigenvalue weighted by atomic mass is 16.2. The molecule has 0 aromatic heterocycles. The lowest BCUT2D eigenvalue weighted by atomic mass is 10.2. The Labute approximate surface area is 103 Å². The van der Waals surface area contributed by atoms with E-state index in [0.29, 0.717) is 13.1 Å². The van der Waals surface area contributed by atoms with Crippen molar-refractivity contribution in [2.24, 2.45) is 0 Å². The molecule has 0 aromatic rings. The highest BCUT2D eigenvalue weighted by Crippen LogP contribution is 2.09. The molecule has 1 rings (SSSR count). The van der Waals surface area contributed by atoms with Crippen LogP contribution in [0.4, 0.5) is 0 Å². The summed E-state index contributed by atoms with van der Waals surface area (Å²) in [6.07, 6.45) is 0.783. The van der Waals surface area contributed by atoms with Crippen molar-refractivity contribution in [3.63, 3.8) is 0 Å². The molecule has 0 spiro atoms. The first kappa shape index (κ1) is 14.0. The van der Waals surface area contributed by atoms with Crippen LogP contribution in [0.5, 0.6) is 0 Å². The molecule has 1 aliphatic rings. The molecule has 1 saturated heterocycles. The van der Waals surface area contributed by atoms with Crippen molar-refractivity contribution in [3.8, 4) is 0 Å². The van der Waals surface area contributed by atoms with E-state index in [9.17, 15) is 9.59 Å². The van der Waals surface area contributed by atoms with Crippen LogP contribution < -0.4 is 5.32 Å². The summed E-state index contributed by atoms with van der Waals surface area (Å²) in [5.74, 6) is 0.154. The Morgan fingerprint density at radius 3 is 2.53 bits per heavy atom. The number of rotatable bonds is 5. The number of likely N-dealkylation sites (N-methyl/N-ethyl adjacent to an activating group) is 2. The third-order valence-corrected chi connectivity index (χ3v) is 3.32. The number of carbonyl (C=O) groups excluding carboxylic acids is 2. The molecule has 2 amide bonds. The molecule has 5 nitrogen and oxygen atoms in total. The average Bonchev–Trinajstić information content (AvgIpc) is 2.62. The number of nitrogens with zero attached hydrogens (tertiary/aromatic N) is 2. The minimum atomic E-state index is -0.296. The Hall–Kier alpha value is -1.10. The third-order valence-electron chi connectivity index (χ3n) is 3.32. The van der Waals surface area contributed by atoms with Gasteiger partial charge < -0.3 is 9.80 Å². The zero-order chi connectivity index (χ0) is 13.0. The Balaban J connectivity index is 2.51. The molecule has 5 heteroatoms. The van der Waals surface area contributed by atoms with E-state index >= 15 is 0 Å². The van der Waals surface area contributed by atoms with Crippen LogP contribution in [0.1, 0.15) is 27.2 Å². The fourth-order valence-corrected chi connectivity index (χ4v) is 2.16. The maximum Gasteiger partial charge on any atom is 0.239 e. The van der Waals surface area contributed by atoms with Crippen LogP contribution >= 0.6 is 0 Å². The van der Waals surface area contributed by atoms with Crippen LogP contribution in [-0.2, 0) is 9.59 Å². The van der Waals surface area contributed by atoms with E-state index < -0.39 is 0 Å². The fourth-order valence-electron chi connectivity index (χ4n) is 2.16. The molecule has 1 N–H and O–H groups in total. The summed E-state index contributed by atoms with van der Waals surface area (Å²) in [6.45, 7) is 7.93. The van der Waals surface area contributed by atoms with Gasteiger partial charge in [0.15, 0.2) is 0 Å². The van der Waals surface area contributed by atoms with Crippen molar-refractivity contribution >= 4 is 11.8 Å². The van der Waals surface area contributed by atoms with Crippen LogP contribution in [-0.4, -0.2) is 60.4 Å². The Morgan fingerprint density at radius 1 is 1.53 bits per heavy atom. The molecule has 0 saturated carbocycles. The summed E-state index contributed by atoms with van der Waals surface area (Å²) in [5.41, 5.74) is 0. The maximum atomic E-state index is 12.0. The van der Waals surface area contributed by atoms with Crippen molar-refractivity contribution in [3.05, 3.63) is 0 Å². The molecule has 2 unspecified atom stereocenters. The van der Waals surface area contributed by atoms with Crippen LogP contribution in [0.25, 0.3) is 0 Å². The predicted molar refractivity (Wildman–Crippen MR) is 66.6 cm³/mol. The van der Waals surface area contributed by atoms with E-state index in [1.54, 1.807) is 16.8 Å². The lowest BCUT2D eigenvalue weighted by Crippen LogP contribution is -2.50. The van der Waals surface area contributed by atoms with Crippen LogP contribution in [0.15, 0.2) is 0 Å². The zero-order valence-electron chi connectivity index (χ0n) is 11.2. The molecule has 1 heterocycles. The first-order valence-corrected chi connectivity index (χ1v) is 6.31. The number of nitrogens with one attached hydrogen (secondary N) is 1. The first-order chi connectivity index (χ1) is 8.01. The van der Waals surface area contributed by atoms with Crippen molar-refractivity contribution in [2.75, 3.05) is 26.7 Å². The summed E-state index contributed by atoms with van der Waals surface area (Å²) in [7, 11) is 1.79. The average molecular weight is 241 g/mol. The second kappa shape index (κ2) is 6.00. The van der Waals surface area contributed by atoms with Gasteiger partial charge in [0.25, 0.3) is 0 Å². The molecule has 0 aromatic carbocycles. The zero-order valence-corrected chi connectivity index (χ0v) is 11.2. The van der Waals surface area contributed by atoms with E-state index in [2.05, 4.69) is 5.32 Å². The van der Waals surface area contributed by atoms with Crippen LogP contribution in [0.2, 0.25) is 0 Å². The molecule has 98 valence electrons. The van der Waals surface area contributed by atoms with Crippen molar-refractivity contribution in [1.82, 2.24) is 15.1 Å². The molecule has 2 atom stereocenters. The minimum Gasteiger partial charge on any atom is -0.344 e. The SMILES string of the molecule is CCN(CC)C(=O)C(C)NC1CCN(C)C1=O. The van der Waals surface area contributed by atoms with E-state index in [4.69, 9.17) is 0 Å². The number of likely N-dealkylation sites (tertiary alicyclic amines) is 1. The smallest absolute Gasteiger partial charge is 0.239 e. The first-order valence-electron chi connectivity index (χ1n) is 6.31. The molecular formula is C12H23N3O2.